The van der Waals surface area contributed by atoms with Crippen molar-refractivity contribution in [1.29, 1.82) is 0 Å². The smallest absolute Gasteiger partial charge is 0.218 e. The van der Waals surface area contributed by atoms with E-state index in [1.165, 1.54) is 0 Å². The van der Waals surface area contributed by atoms with Gasteiger partial charge in [0.25, 0.3) is 0 Å². The van der Waals surface area contributed by atoms with Gasteiger partial charge in [-0.1, -0.05) is 30.3 Å². The summed E-state index contributed by atoms with van der Waals surface area (Å²) >= 11 is 0. The van der Waals surface area contributed by atoms with Crippen molar-refractivity contribution in [3.05, 3.63) is 35.9 Å². The Labute approximate surface area is 162 Å². The molecule has 0 unspecified atom stereocenters. The molecule has 3 aliphatic heterocycles. The molecular weight excluding hydrogens is 364 g/mol. The van der Waals surface area contributed by atoms with Crippen molar-refractivity contribution >= 4 is 10.0 Å². The summed E-state index contributed by atoms with van der Waals surface area (Å²) in [5.74, 6) is 0.0942. The van der Waals surface area contributed by atoms with E-state index in [1.807, 2.05) is 30.3 Å². The van der Waals surface area contributed by atoms with E-state index in [1.54, 1.807) is 4.31 Å². The summed E-state index contributed by atoms with van der Waals surface area (Å²) in [5, 5.41) is 0. The van der Waals surface area contributed by atoms with Gasteiger partial charge in [0.1, 0.15) is 0 Å². The molecule has 1 spiro atoms. The zero-order valence-electron chi connectivity index (χ0n) is 15.9. The van der Waals surface area contributed by atoms with Gasteiger partial charge in [-0.05, 0) is 30.2 Å². The molecule has 0 amide bonds. The molecule has 3 fully saturated rings. The summed E-state index contributed by atoms with van der Waals surface area (Å²) in [5.41, 5.74) is 1.02. The summed E-state index contributed by atoms with van der Waals surface area (Å²) in [6.07, 6.45) is 3.13. The first-order chi connectivity index (χ1) is 13.0. The Hall–Kier alpha value is -0.990. The van der Waals surface area contributed by atoms with Gasteiger partial charge in [0.2, 0.25) is 10.0 Å². The van der Waals surface area contributed by atoms with Crippen LogP contribution < -0.4 is 0 Å². The first-order valence-electron chi connectivity index (χ1n) is 9.98. The highest BCUT2D eigenvalue weighted by Crippen LogP contribution is 2.42. The Bertz CT molecular complexity index is 711. The first-order valence-corrected chi connectivity index (χ1v) is 11.6. The van der Waals surface area contributed by atoms with Crippen LogP contribution in [0, 0.1) is 5.41 Å². The van der Waals surface area contributed by atoms with E-state index in [-0.39, 0.29) is 17.3 Å². The van der Waals surface area contributed by atoms with Crippen LogP contribution >= 0.6 is 0 Å². The number of rotatable bonds is 5. The Morgan fingerprint density at radius 3 is 2.44 bits per heavy atom. The third-order valence-corrected chi connectivity index (χ3v) is 8.07. The third-order valence-electron chi connectivity index (χ3n) is 6.22. The van der Waals surface area contributed by atoms with Crippen LogP contribution in [0.4, 0.5) is 0 Å². The quantitative estimate of drug-likeness (QED) is 0.761. The molecule has 27 heavy (non-hydrogen) atoms. The van der Waals surface area contributed by atoms with Crippen LogP contribution in [0.25, 0.3) is 0 Å². The number of hydrogen-bond donors (Lipinski definition) is 0. The molecule has 0 aliphatic carbocycles. The highest BCUT2D eigenvalue weighted by Gasteiger charge is 2.44. The molecular formula is C20H30N2O4S. The summed E-state index contributed by atoms with van der Waals surface area (Å²) in [4.78, 5) is 2.42. The van der Waals surface area contributed by atoms with Crippen LogP contribution in [0.3, 0.4) is 0 Å². The maximum atomic E-state index is 12.8. The van der Waals surface area contributed by atoms with Gasteiger partial charge in [0.15, 0.2) is 0 Å². The van der Waals surface area contributed by atoms with Gasteiger partial charge >= 0.3 is 0 Å². The van der Waals surface area contributed by atoms with E-state index < -0.39 is 10.0 Å². The SMILES string of the molecule is O=S(=O)(Cc1ccccc1)N1CCC2(CC1)CO[C@@H](CN1CCOCC1)C2. The molecule has 0 aromatic heterocycles. The summed E-state index contributed by atoms with van der Waals surface area (Å²) in [6.45, 7) is 6.57. The van der Waals surface area contributed by atoms with Crippen LogP contribution in [0.15, 0.2) is 30.3 Å². The lowest BCUT2D eigenvalue weighted by molar-refractivity contribution is 0.00567. The van der Waals surface area contributed by atoms with Gasteiger partial charge in [-0.3, -0.25) is 4.90 Å². The highest BCUT2D eigenvalue weighted by molar-refractivity contribution is 7.88. The van der Waals surface area contributed by atoms with Crippen LogP contribution in [0.5, 0.6) is 0 Å². The molecule has 3 heterocycles. The molecule has 150 valence electrons. The van der Waals surface area contributed by atoms with Crippen LogP contribution in [0.1, 0.15) is 24.8 Å². The molecule has 0 N–H and O–H groups in total. The van der Waals surface area contributed by atoms with E-state index in [9.17, 15) is 8.42 Å². The number of morpholine rings is 1. The maximum Gasteiger partial charge on any atom is 0.218 e. The van der Waals surface area contributed by atoms with E-state index >= 15 is 0 Å². The minimum Gasteiger partial charge on any atom is -0.379 e. The van der Waals surface area contributed by atoms with Crippen LogP contribution in [-0.2, 0) is 25.2 Å². The highest BCUT2D eigenvalue weighted by atomic mass is 32.2. The second kappa shape index (κ2) is 8.17. The Morgan fingerprint density at radius 1 is 1.04 bits per heavy atom. The van der Waals surface area contributed by atoms with E-state index in [2.05, 4.69) is 4.90 Å². The molecule has 0 bridgehead atoms. The number of sulfonamides is 1. The number of benzene rings is 1. The van der Waals surface area contributed by atoms with Gasteiger partial charge in [0, 0.05) is 32.7 Å². The number of nitrogens with zero attached hydrogens (tertiary/aromatic N) is 2. The van der Waals surface area contributed by atoms with Crippen LogP contribution in [-0.4, -0.2) is 76.3 Å². The molecule has 3 aliphatic rings. The van der Waals surface area contributed by atoms with Gasteiger partial charge < -0.3 is 9.47 Å². The molecule has 0 saturated carbocycles. The van der Waals surface area contributed by atoms with E-state index in [4.69, 9.17) is 9.47 Å². The number of hydrogen-bond acceptors (Lipinski definition) is 5. The standard InChI is InChI=1S/C20H30N2O4S/c23-27(24,16-18-4-2-1-3-5-18)22-8-6-20(7-9-22)14-19(26-17-20)15-21-10-12-25-13-11-21/h1-5,19H,6-17H2/t19-/m1/s1. The number of piperidine rings is 1. The second-order valence-corrected chi connectivity index (χ2v) is 10.2. The second-order valence-electron chi connectivity index (χ2n) is 8.19. The predicted molar refractivity (Wildman–Crippen MR) is 104 cm³/mol. The van der Waals surface area contributed by atoms with Crippen LogP contribution in [0.2, 0.25) is 0 Å². The Kier molecular flexibility index (Phi) is 5.85. The largest absolute Gasteiger partial charge is 0.379 e. The summed E-state index contributed by atoms with van der Waals surface area (Å²) in [6, 6.07) is 9.45. The molecule has 7 heteroatoms. The average Bonchev–Trinajstić information content (AvgIpc) is 3.05. The molecule has 1 aromatic rings. The fraction of sp³-hybridized carbons (Fsp3) is 0.700. The molecule has 3 saturated heterocycles. The fourth-order valence-corrected chi connectivity index (χ4v) is 6.08. The van der Waals surface area contributed by atoms with Crippen molar-refractivity contribution in [3.63, 3.8) is 0 Å². The molecule has 0 radical (unpaired) electrons. The third kappa shape index (κ3) is 4.71. The minimum absolute atomic E-state index is 0.0942. The molecule has 1 atom stereocenters. The van der Waals surface area contributed by atoms with Crippen molar-refractivity contribution in [2.45, 2.75) is 31.1 Å². The van der Waals surface area contributed by atoms with Crippen molar-refractivity contribution in [3.8, 4) is 0 Å². The molecule has 1 aromatic carbocycles. The number of ether oxygens (including phenoxy) is 2. The lowest BCUT2D eigenvalue weighted by Gasteiger charge is -2.38. The monoisotopic (exact) mass is 394 g/mol. The van der Waals surface area contributed by atoms with Crippen molar-refractivity contribution in [1.82, 2.24) is 9.21 Å². The fourth-order valence-electron chi connectivity index (χ4n) is 4.55. The van der Waals surface area contributed by atoms with Gasteiger partial charge in [0.05, 0.1) is 31.7 Å². The van der Waals surface area contributed by atoms with E-state index in [0.29, 0.717) is 13.1 Å². The normalized spacial score (nSPS) is 27.2. The van der Waals surface area contributed by atoms with E-state index in [0.717, 1.165) is 64.3 Å². The molecule has 4 rings (SSSR count). The average molecular weight is 395 g/mol. The van der Waals surface area contributed by atoms with Crippen molar-refractivity contribution < 1.29 is 17.9 Å². The van der Waals surface area contributed by atoms with Gasteiger partial charge in [-0.15, -0.1) is 0 Å². The lowest BCUT2D eigenvalue weighted by Crippen LogP contribution is -2.44. The minimum atomic E-state index is -3.25. The predicted octanol–water partition coefficient (Wildman–Crippen LogP) is 1.72. The summed E-state index contributed by atoms with van der Waals surface area (Å²) < 4.78 is 38.7. The zero-order valence-corrected chi connectivity index (χ0v) is 16.7. The Morgan fingerprint density at radius 2 is 1.74 bits per heavy atom. The Balaban J connectivity index is 1.29. The maximum absolute atomic E-state index is 12.8. The van der Waals surface area contributed by atoms with Crippen molar-refractivity contribution in [2.24, 2.45) is 5.41 Å². The lowest BCUT2D eigenvalue weighted by atomic mass is 9.77. The van der Waals surface area contributed by atoms with Crippen molar-refractivity contribution in [2.75, 3.05) is 52.5 Å². The molecule has 6 nitrogen and oxygen atoms in total. The van der Waals surface area contributed by atoms with Gasteiger partial charge in [-0.25, -0.2) is 12.7 Å². The zero-order chi connectivity index (χ0) is 18.7. The van der Waals surface area contributed by atoms with Gasteiger partial charge in [-0.2, -0.15) is 0 Å². The first kappa shape index (κ1) is 19.3. The topological polar surface area (TPSA) is 59.1 Å². The summed E-state index contributed by atoms with van der Waals surface area (Å²) in [7, 11) is -3.25.